The third kappa shape index (κ3) is 4.38. The molecule has 0 bridgehead atoms. The third-order valence-corrected chi connectivity index (χ3v) is 5.73. The minimum atomic E-state index is 0.119. The summed E-state index contributed by atoms with van der Waals surface area (Å²) in [5.41, 5.74) is 1.73. The molecule has 27 heavy (non-hydrogen) atoms. The number of hydrogen-bond donors (Lipinski definition) is 0. The Balaban J connectivity index is 1.78. The summed E-state index contributed by atoms with van der Waals surface area (Å²) in [5.74, 6) is 0.929. The van der Waals surface area contributed by atoms with Crippen molar-refractivity contribution in [3.8, 4) is 5.75 Å². The quantitative estimate of drug-likeness (QED) is 0.791. The summed E-state index contributed by atoms with van der Waals surface area (Å²) in [4.78, 5) is 20.0. The minimum Gasteiger partial charge on any atom is -0.495 e. The Morgan fingerprint density at radius 1 is 1.22 bits per heavy atom. The molecule has 1 amide bonds. The molecule has 0 saturated carbocycles. The van der Waals surface area contributed by atoms with E-state index in [4.69, 9.17) is 9.47 Å². The van der Waals surface area contributed by atoms with Gasteiger partial charge in [-0.2, -0.15) is 0 Å². The van der Waals surface area contributed by atoms with Crippen LogP contribution in [0.2, 0.25) is 0 Å². The lowest BCUT2D eigenvalue weighted by molar-refractivity contribution is 0.0371. The molecule has 0 N–H and O–H groups in total. The first-order chi connectivity index (χ1) is 13.0. The molecule has 2 aliphatic heterocycles. The number of benzene rings is 1. The predicted octanol–water partition coefficient (Wildman–Crippen LogP) is 2.48. The number of morpholine rings is 1. The SMILES string of the molecule is CC[C@H]1CN(C(=O)c2ccc(OC)c(N3CCOCC3)c2)CCN1C(C)C. The lowest BCUT2D eigenvalue weighted by atomic mass is 10.1. The fourth-order valence-electron chi connectivity index (χ4n) is 4.15. The monoisotopic (exact) mass is 375 g/mol. The van der Waals surface area contributed by atoms with Crippen molar-refractivity contribution in [2.75, 3.05) is 57.9 Å². The first-order valence-electron chi connectivity index (χ1n) is 10.1. The van der Waals surface area contributed by atoms with Crippen molar-refractivity contribution < 1.29 is 14.3 Å². The Morgan fingerprint density at radius 3 is 2.59 bits per heavy atom. The number of hydrogen-bond acceptors (Lipinski definition) is 5. The molecule has 2 heterocycles. The molecular formula is C21H33N3O3. The first-order valence-corrected chi connectivity index (χ1v) is 10.1. The summed E-state index contributed by atoms with van der Waals surface area (Å²) >= 11 is 0. The van der Waals surface area contributed by atoms with E-state index in [1.54, 1.807) is 7.11 Å². The predicted molar refractivity (Wildman–Crippen MR) is 108 cm³/mol. The van der Waals surface area contributed by atoms with Crippen molar-refractivity contribution in [1.29, 1.82) is 0 Å². The number of piperazine rings is 1. The molecule has 2 aliphatic rings. The van der Waals surface area contributed by atoms with Crippen LogP contribution in [0.3, 0.4) is 0 Å². The van der Waals surface area contributed by atoms with Crippen LogP contribution in [0, 0.1) is 0 Å². The van der Waals surface area contributed by atoms with Crippen LogP contribution >= 0.6 is 0 Å². The molecule has 1 aromatic rings. The zero-order valence-corrected chi connectivity index (χ0v) is 17.1. The van der Waals surface area contributed by atoms with Crippen molar-refractivity contribution in [3.05, 3.63) is 23.8 Å². The van der Waals surface area contributed by atoms with Crippen molar-refractivity contribution in [2.24, 2.45) is 0 Å². The molecule has 0 unspecified atom stereocenters. The van der Waals surface area contributed by atoms with E-state index in [1.165, 1.54) is 0 Å². The smallest absolute Gasteiger partial charge is 0.254 e. The Hall–Kier alpha value is -1.79. The van der Waals surface area contributed by atoms with Crippen LogP contribution in [0.25, 0.3) is 0 Å². The van der Waals surface area contributed by atoms with E-state index < -0.39 is 0 Å². The highest BCUT2D eigenvalue weighted by Crippen LogP contribution is 2.31. The summed E-state index contributed by atoms with van der Waals surface area (Å²) in [6, 6.07) is 6.74. The maximum absolute atomic E-state index is 13.2. The second-order valence-electron chi connectivity index (χ2n) is 7.63. The number of carbonyl (C=O) groups excluding carboxylic acids is 1. The number of amides is 1. The molecule has 0 aromatic heterocycles. The van der Waals surface area contributed by atoms with Gasteiger partial charge in [0.2, 0.25) is 0 Å². The normalized spacial score (nSPS) is 21.6. The van der Waals surface area contributed by atoms with Crippen LogP contribution in [0.4, 0.5) is 5.69 Å². The Labute approximate surface area is 163 Å². The van der Waals surface area contributed by atoms with Gasteiger partial charge in [-0.05, 0) is 38.5 Å². The fourth-order valence-corrected chi connectivity index (χ4v) is 4.15. The summed E-state index contributed by atoms with van der Waals surface area (Å²) < 4.78 is 11.0. The highest BCUT2D eigenvalue weighted by molar-refractivity contribution is 5.95. The number of methoxy groups -OCH3 is 1. The molecule has 0 radical (unpaired) electrons. The van der Waals surface area contributed by atoms with Crippen LogP contribution < -0.4 is 9.64 Å². The van der Waals surface area contributed by atoms with Gasteiger partial charge in [0.1, 0.15) is 5.75 Å². The molecule has 2 saturated heterocycles. The number of nitrogens with zero attached hydrogens (tertiary/aromatic N) is 3. The van der Waals surface area contributed by atoms with E-state index in [0.717, 1.165) is 56.1 Å². The molecule has 150 valence electrons. The summed E-state index contributed by atoms with van der Waals surface area (Å²) in [6.45, 7) is 12.2. The lowest BCUT2D eigenvalue weighted by Gasteiger charge is -2.43. The van der Waals surface area contributed by atoms with Crippen LogP contribution in [0.15, 0.2) is 18.2 Å². The molecule has 0 spiro atoms. The molecule has 0 aliphatic carbocycles. The van der Waals surface area contributed by atoms with Gasteiger partial charge in [-0.15, -0.1) is 0 Å². The first kappa shape index (κ1) is 20.0. The summed E-state index contributed by atoms with van der Waals surface area (Å²) in [7, 11) is 1.68. The number of anilines is 1. The van der Waals surface area contributed by atoms with Gasteiger partial charge in [-0.1, -0.05) is 6.92 Å². The van der Waals surface area contributed by atoms with Crippen molar-refractivity contribution in [2.45, 2.75) is 39.3 Å². The second kappa shape index (κ2) is 8.93. The van der Waals surface area contributed by atoms with Crippen LogP contribution in [-0.4, -0.2) is 80.8 Å². The van der Waals surface area contributed by atoms with E-state index in [-0.39, 0.29) is 5.91 Å². The zero-order valence-electron chi connectivity index (χ0n) is 17.1. The van der Waals surface area contributed by atoms with Gasteiger partial charge >= 0.3 is 0 Å². The summed E-state index contributed by atoms with van der Waals surface area (Å²) in [6.07, 6.45) is 1.06. The van der Waals surface area contributed by atoms with Gasteiger partial charge in [0.25, 0.3) is 5.91 Å². The highest BCUT2D eigenvalue weighted by atomic mass is 16.5. The number of rotatable bonds is 5. The van der Waals surface area contributed by atoms with Gasteiger partial charge in [0.15, 0.2) is 0 Å². The molecule has 3 rings (SSSR count). The van der Waals surface area contributed by atoms with Crippen molar-refractivity contribution in [1.82, 2.24) is 9.80 Å². The van der Waals surface area contributed by atoms with Crippen molar-refractivity contribution in [3.63, 3.8) is 0 Å². The van der Waals surface area contributed by atoms with Gasteiger partial charge in [-0.25, -0.2) is 0 Å². The van der Waals surface area contributed by atoms with Gasteiger partial charge in [-0.3, -0.25) is 9.69 Å². The average molecular weight is 376 g/mol. The van der Waals surface area contributed by atoms with Crippen molar-refractivity contribution >= 4 is 11.6 Å². The number of ether oxygens (including phenoxy) is 2. The Bertz CT molecular complexity index is 644. The second-order valence-corrected chi connectivity index (χ2v) is 7.63. The largest absolute Gasteiger partial charge is 0.495 e. The Morgan fingerprint density at radius 2 is 1.96 bits per heavy atom. The minimum absolute atomic E-state index is 0.119. The molecular weight excluding hydrogens is 342 g/mol. The summed E-state index contributed by atoms with van der Waals surface area (Å²) in [5, 5.41) is 0. The van der Waals surface area contributed by atoms with E-state index in [2.05, 4.69) is 30.6 Å². The van der Waals surface area contributed by atoms with Gasteiger partial charge in [0, 0.05) is 50.4 Å². The van der Waals surface area contributed by atoms with E-state index in [0.29, 0.717) is 25.3 Å². The third-order valence-electron chi connectivity index (χ3n) is 5.73. The lowest BCUT2D eigenvalue weighted by Crippen LogP contribution is -2.56. The zero-order chi connectivity index (χ0) is 19.4. The average Bonchev–Trinajstić information content (AvgIpc) is 2.72. The van der Waals surface area contributed by atoms with Gasteiger partial charge < -0.3 is 19.3 Å². The molecule has 6 heteroatoms. The van der Waals surface area contributed by atoms with Crippen LogP contribution in [-0.2, 0) is 4.74 Å². The number of carbonyl (C=O) groups is 1. The molecule has 6 nitrogen and oxygen atoms in total. The maximum atomic E-state index is 13.2. The molecule has 2 fully saturated rings. The molecule has 1 atom stereocenters. The molecule has 1 aromatic carbocycles. The van der Waals surface area contributed by atoms with E-state index >= 15 is 0 Å². The topological polar surface area (TPSA) is 45.3 Å². The van der Waals surface area contributed by atoms with Crippen LogP contribution in [0.5, 0.6) is 5.75 Å². The standard InChI is InChI=1S/C21H33N3O3/c1-5-18-15-23(8-9-24(18)16(2)3)21(25)17-6-7-20(26-4)19(14-17)22-10-12-27-13-11-22/h6-7,14,16,18H,5,8-13,15H2,1-4H3/t18-/m0/s1. The highest BCUT2D eigenvalue weighted by Gasteiger charge is 2.30. The van der Waals surface area contributed by atoms with Gasteiger partial charge in [0.05, 0.1) is 26.0 Å². The Kier molecular flexibility index (Phi) is 6.60. The van der Waals surface area contributed by atoms with Crippen LogP contribution in [0.1, 0.15) is 37.6 Å². The van der Waals surface area contributed by atoms with E-state index in [1.807, 2.05) is 23.1 Å². The van der Waals surface area contributed by atoms with E-state index in [9.17, 15) is 4.79 Å². The fraction of sp³-hybridized carbons (Fsp3) is 0.667. The maximum Gasteiger partial charge on any atom is 0.254 e.